The topological polar surface area (TPSA) is 20.9 Å². The van der Waals surface area contributed by atoms with Gasteiger partial charge in [0.25, 0.3) is 0 Å². The number of Topliss-reactive ketones (excluding diaryl/α,β-unsaturated/α-hetero) is 1. The molecule has 0 saturated carbocycles. The molecular weight excluding hydrogens is 1070 g/mol. The van der Waals surface area contributed by atoms with Crippen LogP contribution in [0.4, 0.5) is 110 Å². The third-order valence-electron chi connectivity index (χ3n) is 11.0. The number of alkyl halides is 25. The van der Waals surface area contributed by atoms with E-state index in [1.165, 1.54) is 5.56 Å². The van der Waals surface area contributed by atoms with Crippen LogP contribution in [0.1, 0.15) is 60.4 Å². The van der Waals surface area contributed by atoms with E-state index in [1.807, 2.05) is 34.9 Å². The predicted molar refractivity (Wildman–Crippen MR) is 213 cm³/mol. The molecule has 2 nitrogen and oxygen atoms in total. The molecule has 398 valence electrons. The van der Waals surface area contributed by atoms with Crippen molar-refractivity contribution in [3.8, 4) is 0 Å². The van der Waals surface area contributed by atoms with Gasteiger partial charge in [0.2, 0.25) is 0 Å². The summed E-state index contributed by atoms with van der Waals surface area (Å²) in [4.78, 5) is 11.1. The van der Waals surface area contributed by atoms with Gasteiger partial charge in [-0.15, -0.1) is 0 Å². The number of pyridine rings is 1. The maximum atomic E-state index is 14.2. The largest absolute Gasteiger partial charge is 0.416 e. The second-order valence-corrected chi connectivity index (χ2v) is 16.0. The first-order chi connectivity index (χ1) is 33.6. The second kappa shape index (κ2) is 20.2. The highest BCUT2D eigenvalue weighted by molar-refractivity contribution is 7.20. The number of ketones is 1. The number of halogens is 25. The minimum atomic E-state index is -6.13. The minimum absolute atomic E-state index is 0.414. The van der Waals surface area contributed by atoms with Crippen molar-refractivity contribution in [1.29, 1.82) is 0 Å². The fraction of sp³-hybridized carbons (Fsp3) is 0.217. The van der Waals surface area contributed by atoms with E-state index in [-0.39, 0.29) is 0 Å². The van der Waals surface area contributed by atoms with Gasteiger partial charge in [-0.25, -0.2) is 8.96 Å². The van der Waals surface area contributed by atoms with Crippen LogP contribution < -0.4 is 26.4 Å². The molecule has 0 aliphatic rings. The average Bonchev–Trinajstić information content (AvgIpc) is 3.27. The fourth-order valence-electron chi connectivity index (χ4n) is 7.69. The molecule has 0 bridgehead atoms. The normalized spacial score (nSPS) is 13.4. The number of aromatic nitrogens is 1. The van der Waals surface area contributed by atoms with Crippen LogP contribution in [-0.2, 0) is 56.0 Å². The van der Waals surface area contributed by atoms with Crippen LogP contribution >= 0.6 is 0 Å². The monoisotopic (exact) mass is 1090 g/mol. The lowest BCUT2D eigenvalue weighted by Gasteiger charge is -2.46. The first-order valence-electron chi connectivity index (χ1n) is 20.0. The Morgan fingerprint density at radius 3 is 0.784 bits per heavy atom. The molecule has 0 saturated heterocycles. The van der Waals surface area contributed by atoms with Gasteiger partial charge in [-0.1, -0.05) is 78.9 Å². The summed E-state index contributed by atoms with van der Waals surface area (Å²) < 4.78 is 355. The molecular formula is C46H25BF25NO. The highest BCUT2D eigenvalue weighted by Crippen LogP contribution is 2.41. The van der Waals surface area contributed by atoms with Gasteiger partial charge in [0.05, 0.1) is 44.5 Å². The molecule has 74 heavy (non-hydrogen) atoms. The van der Waals surface area contributed by atoms with Crippen molar-refractivity contribution in [2.75, 3.05) is 6.67 Å². The highest BCUT2D eigenvalue weighted by atomic mass is 19.4. The Morgan fingerprint density at radius 2 is 0.581 bits per heavy atom. The van der Waals surface area contributed by atoms with Gasteiger partial charge in [-0.3, -0.25) is 4.79 Å². The quantitative estimate of drug-likeness (QED) is 0.0644. The van der Waals surface area contributed by atoms with Crippen LogP contribution in [-0.4, -0.2) is 18.6 Å². The minimum Gasteiger partial charge on any atom is -0.291 e. The van der Waals surface area contributed by atoms with E-state index >= 15 is 0 Å². The maximum absolute atomic E-state index is 14.2. The Balaban J connectivity index is 0.000000500. The van der Waals surface area contributed by atoms with Gasteiger partial charge in [-0.2, -0.15) is 127 Å². The van der Waals surface area contributed by atoms with Gasteiger partial charge < -0.3 is 0 Å². The summed E-state index contributed by atoms with van der Waals surface area (Å²) >= 11 is 0. The zero-order chi connectivity index (χ0) is 56.0. The van der Waals surface area contributed by atoms with Crippen LogP contribution in [0.3, 0.4) is 0 Å². The summed E-state index contributed by atoms with van der Waals surface area (Å²) in [7, 11) is 0. The van der Waals surface area contributed by atoms with Gasteiger partial charge in [-0.05, 0) is 24.3 Å². The van der Waals surface area contributed by atoms with Crippen molar-refractivity contribution in [1.82, 2.24) is 0 Å². The molecule has 28 heteroatoms. The molecule has 5 aromatic carbocycles. The Bertz CT molecular complexity index is 2520. The van der Waals surface area contributed by atoms with Crippen LogP contribution in [0.25, 0.3) is 0 Å². The Kier molecular flexibility index (Phi) is 15.8. The number of carbonyl (C=O) groups excluding carboxylic acids is 1. The first-order valence-corrected chi connectivity index (χ1v) is 20.0. The molecule has 6 aromatic rings. The molecule has 0 aliphatic heterocycles. The first kappa shape index (κ1) is 58.1. The zero-order valence-electron chi connectivity index (χ0n) is 35.9. The van der Waals surface area contributed by atoms with Gasteiger partial charge in [0.15, 0.2) is 31.4 Å². The van der Waals surface area contributed by atoms with Crippen LogP contribution in [0.5, 0.6) is 0 Å². The van der Waals surface area contributed by atoms with E-state index < -0.39 is 207 Å². The predicted octanol–water partition coefficient (Wildman–Crippen LogP) is 13.4. The summed E-state index contributed by atoms with van der Waals surface area (Å²) in [6, 6.07) is 4.48. The number of carbonyl (C=O) groups is 1. The van der Waals surface area contributed by atoms with Crippen LogP contribution in [0.2, 0.25) is 0 Å². The molecule has 0 spiro atoms. The molecule has 1 aromatic heterocycles. The smallest absolute Gasteiger partial charge is 0.291 e. The molecule has 0 amide bonds. The number of nitrogens with zero attached hydrogens (tertiary/aromatic N) is 1. The summed E-state index contributed by atoms with van der Waals surface area (Å²) in [5.74, 6) is -0.475. The van der Waals surface area contributed by atoms with E-state index in [0.29, 0.717) is 5.56 Å². The fourth-order valence-corrected chi connectivity index (χ4v) is 7.69. The van der Waals surface area contributed by atoms with E-state index in [1.54, 1.807) is 24.5 Å². The lowest BCUT2D eigenvalue weighted by atomic mass is 9.12. The van der Waals surface area contributed by atoms with Gasteiger partial charge >= 0.3 is 49.4 Å². The SMILES string of the molecule is FC(F)(F)c1cc([B-](c2cc(C(F)(F)F)cc(C(F)(F)F)c2)(c2cc(C(F)(F)F)cc(C(F)(F)F)c2)c2cc(C(F)(F)F)cc(C(F)(F)F)c2)cc(C(F)(F)F)c1.O=C(CF)c1cc[n+](Cc2ccccc2)cc1. The standard InChI is InChI=1S/C32H12BF24.C14H13FNO/c34-25(35,36)13-1-14(26(37,38)39)6-21(5-13)33(22-7-15(27(40,41)42)2-16(8-22)28(43,44)45,23-9-17(29(46,47)48)3-18(10-23)30(49,50)51)24-11-19(31(52,53)54)4-20(12-24)32(55,56)57;15-10-14(17)13-6-8-16(9-7-13)11-12-4-2-1-3-5-12/h1-12H;1-9H,10-11H2/q-1;+1. The van der Waals surface area contributed by atoms with Crippen molar-refractivity contribution in [3.05, 3.63) is 183 Å². The Morgan fingerprint density at radius 1 is 0.351 bits per heavy atom. The lowest BCUT2D eigenvalue weighted by molar-refractivity contribution is -0.688. The molecule has 6 rings (SSSR count). The molecule has 0 atom stereocenters. The molecule has 0 radical (unpaired) electrons. The molecule has 0 unspecified atom stereocenters. The third-order valence-corrected chi connectivity index (χ3v) is 11.0. The summed E-state index contributed by atoms with van der Waals surface area (Å²) in [5, 5.41) is 0. The number of hydrogen-bond donors (Lipinski definition) is 0. The van der Waals surface area contributed by atoms with Crippen molar-refractivity contribution < 1.29 is 119 Å². The Hall–Kier alpha value is -6.77. The highest BCUT2D eigenvalue weighted by Gasteiger charge is 2.47. The van der Waals surface area contributed by atoms with Crippen molar-refractivity contribution in [2.24, 2.45) is 0 Å². The van der Waals surface area contributed by atoms with Gasteiger partial charge in [0, 0.05) is 23.3 Å². The average molecular weight is 1090 g/mol. The second-order valence-electron chi connectivity index (χ2n) is 16.0. The molecule has 1 heterocycles. The summed E-state index contributed by atoms with van der Waals surface area (Å²) in [6.07, 6.45) is -51.2. The number of benzene rings is 5. The number of hydrogen-bond acceptors (Lipinski definition) is 1. The maximum Gasteiger partial charge on any atom is 0.416 e. The lowest BCUT2D eigenvalue weighted by Crippen LogP contribution is -2.75. The van der Waals surface area contributed by atoms with Crippen molar-refractivity contribution in [2.45, 2.75) is 56.0 Å². The van der Waals surface area contributed by atoms with E-state index in [0.717, 1.165) is 6.54 Å². The third kappa shape index (κ3) is 13.5. The van der Waals surface area contributed by atoms with Gasteiger partial charge in [0.1, 0.15) is 6.15 Å². The van der Waals surface area contributed by atoms with Crippen molar-refractivity contribution >= 4 is 33.8 Å². The molecule has 0 fully saturated rings. The summed E-state index contributed by atoms with van der Waals surface area (Å²) in [5.41, 5.74) is -28.6. The Labute approximate surface area is 398 Å². The summed E-state index contributed by atoms with van der Waals surface area (Å²) in [6.45, 7) is -0.201. The zero-order valence-corrected chi connectivity index (χ0v) is 35.9. The van der Waals surface area contributed by atoms with Crippen molar-refractivity contribution in [3.63, 3.8) is 0 Å². The van der Waals surface area contributed by atoms with E-state index in [2.05, 4.69) is 0 Å². The van der Waals surface area contributed by atoms with E-state index in [4.69, 9.17) is 0 Å². The molecule has 0 N–H and O–H groups in total. The van der Waals surface area contributed by atoms with Crippen LogP contribution in [0, 0.1) is 0 Å². The molecule has 0 aliphatic carbocycles. The van der Waals surface area contributed by atoms with Crippen LogP contribution in [0.15, 0.2) is 128 Å². The number of rotatable bonds is 8. The van der Waals surface area contributed by atoms with E-state index in [9.17, 15) is 115 Å².